The lowest BCUT2D eigenvalue weighted by atomic mass is 10.0. The van der Waals surface area contributed by atoms with Crippen LogP contribution in [0, 0.1) is 0 Å². The molecule has 30 heavy (non-hydrogen) atoms. The van der Waals surface area contributed by atoms with Crippen LogP contribution in [0.2, 0.25) is 0 Å². The highest BCUT2D eigenvalue weighted by Crippen LogP contribution is 2.31. The van der Waals surface area contributed by atoms with Gasteiger partial charge in [0.1, 0.15) is 13.2 Å². The van der Waals surface area contributed by atoms with Crippen LogP contribution >= 0.6 is 0 Å². The van der Waals surface area contributed by atoms with Crippen LogP contribution in [-0.2, 0) is 11.2 Å². The number of amides is 1. The number of likely N-dealkylation sites (tertiary alicyclic amines) is 1. The van der Waals surface area contributed by atoms with Crippen molar-refractivity contribution < 1.29 is 14.3 Å². The van der Waals surface area contributed by atoms with Gasteiger partial charge in [0.2, 0.25) is 5.91 Å². The number of carbonyl (C=O) groups excluding carboxylic acids is 1. The van der Waals surface area contributed by atoms with Crippen LogP contribution < -0.4 is 14.8 Å². The highest BCUT2D eigenvalue weighted by atomic mass is 16.6. The second-order valence-electron chi connectivity index (χ2n) is 9.08. The summed E-state index contributed by atoms with van der Waals surface area (Å²) in [6.45, 7) is 8.93. The normalized spacial score (nSPS) is 22.1. The first kappa shape index (κ1) is 22.9. The lowest BCUT2D eigenvalue weighted by Gasteiger charge is -2.31. The monoisotopic (exact) mass is 416 g/mol. The van der Waals surface area contributed by atoms with Gasteiger partial charge >= 0.3 is 0 Å². The molecule has 3 rings (SSSR count). The molecular formula is C25H40N2O3. The van der Waals surface area contributed by atoms with Crippen molar-refractivity contribution in [2.75, 3.05) is 19.8 Å². The molecule has 1 fully saturated rings. The van der Waals surface area contributed by atoms with E-state index in [0.29, 0.717) is 31.7 Å². The fourth-order valence-corrected chi connectivity index (χ4v) is 4.71. The number of unbranched alkanes of at least 4 members (excludes halogenated alkanes) is 4. The van der Waals surface area contributed by atoms with Crippen molar-refractivity contribution in [1.29, 1.82) is 0 Å². The summed E-state index contributed by atoms with van der Waals surface area (Å²) >= 11 is 0. The highest BCUT2D eigenvalue weighted by molar-refractivity contribution is 5.76. The van der Waals surface area contributed by atoms with E-state index in [-0.39, 0.29) is 11.9 Å². The van der Waals surface area contributed by atoms with E-state index in [2.05, 4.69) is 43.1 Å². The third-order valence-corrected chi connectivity index (χ3v) is 6.53. The van der Waals surface area contributed by atoms with Crippen molar-refractivity contribution in [2.45, 2.75) is 96.7 Å². The minimum Gasteiger partial charge on any atom is -0.486 e. The number of fused-ring (bicyclic) bond motifs is 1. The Morgan fingerprint density at radius 3 is 2.50 bits per heavy atom. The molecule has 3 atom stereocenters. The minimum absolute atomic E-state index is 0.110. The van der Waals surface area contributed by atoms with Crippen molar-refractivity contribution in [2.24, 2.45) is 0 Å². The molecule has 5 heteroatoms. The maximum Gasteiger partial charge on any atom is 0.220 e. The molecule has 1 aromatic carbocycles. The number of nitrogens with one attached hydrogen (secondary N) is 1. The van der Waals surface area contributed by atoms with Crippen LogP contribution in [0.3, 0.4) is 0 Å². The summed E-state index contributed by atoms with van der Waals surface area (Å²) in [6.07, 6.45) is 9.78. The van der Waals surface area contributed by atoms with Crippen molar-refractivity contribution in [1.82, 2.24) is 10.2 Å². The van der Waals surface area contributed by atoms with E-state index in [1.165, 1.54) is 37.7 Å². The number of nitrogens with zero attached hydrogens (tertiary/aromatic N) is 1. The average Bonchev–Trinajstić information content (AvgIpc) is 3.05. The van der Waals surface area contributed by atoms with Crippen LogP contribution in [0.25, 0.3) is 0 Å². The zero-order chi connectivity index (χ0) is 21.3. The Bertz CT molecular complexity index is 668. The Kier molecular flexibility index (Phi) is 8.86. The van der Waals surface area contributed by atoms with Crippen molar-refractivity contribution >= 4 is 5.91 Å². The average molecular weight is 417 g/mol. The molecule has 0 spiro atoms. The van der Waals surface area contributed by atoms with Gasteiger partial charge in [-0.2, -0.15) is 0 Å². The van der Waals surface area contributed by atoms with Crippen molar-refractivity contribution in [3.05, 3.63) is 23.8 Å². The molecule has 0 aromatic heterocycles. The van der Waals surface area contributed by atoms with Gasteiger partial charge in [-0.25, -0.2) is 0 Å². The molecule has 5 nitrogen and oxygen atoms in total. The SMILES string of the molecule is CCCCCCCC(=O)NC(Cc1ccc2c(c1)OCCO2)CN1C(C)CCC1C. The Labute approximate surface area is 182 Å². The van der Waals surface area contributed by atoms with Crippen LogP contribution in [0.4, 0.5) is 0 Å². The Morgan fingerprint density at radius 2 is 1.77 bits per heavy atom. The van der Waals surface area contributed by atoms with Crippen LogP contribution in [-0.4, -0.2) is 48.7 Å². The zero-order valence-electron chi connectivity index (χ0n) is 19.1. The molecule has 1 amide bonds. The predicted octanol–water partition coefficient (Wildman–Crippen LogP) is 4.72. The molecule has 1 N–H and O–H groups in total. The van der Waals surface area contributed by atoms with E-state index in [1.807, 2.05) is 6.07 Å². The maximum atomic E-state index is 12.7. The molecule has 2 aliphatic heterocycles. The zero-order valence-corrected chi connectivity index (χ0v) is 19.1. The van der Waals surface area contributed by atoms with Gasteiger partial charge in [0.25, 0.3) is 0 Å². The highest BCUT2D eigenvalue weighted by Gasteiger charge is 2.30. The largest absolute Gasteiger partial charge is 0.486 e. The van der Waals surface area contributed by atoms with Gasteiger partial charge in [-0.05, 0) is 57.2 Å². The summed E-state index contributed by atoms with van der Waals surface area (Å²) in [5.41, 5.74) is 1.19. The van der Waals surface area contributed by atoms with Gasteiger partial charge in [0.15, 0.2) is 11.5 Å². The first-order chi connectivity index (χ1) is 14.6. The third kappa shape index (κ3) is 6.63. The van der Waals surface area contributed by atoms with Crippen LogP contribution in [0.15, 0.2) is 18.2 Å². The first-order valence-electron chi connectivity index (χ1n) is 12.0. The molecule has 0 aliphatic carbocycles. The van der Waals surface area contributed by atoms with Gasteiger partial charge < -0.3 is 14.8 Å². The van der Waals surface area contributed by atoms with Crippen LogP contribution in [0.1, 0.15) is 77.7 Å². The van der Waals surface area contributed by atoms with Gasteiger partial charge in [-0.1, -0.05) is 38.7 Å². The van der Waals surface area contributed by atoms with Crippen LogP contribution in [0.5, 0.6) is 11.5 Å². The van der Waals surface area contributed by atoms with Crippen molar-refractivity contribution in [3.8, 4) is 11.5 Å². The first-order valence-corrected chi connectivity index (χ1v) is 12.0. The minimum atomic E-state index is 0.110. The summed E-state index contributed by atoms with van der Waals surface area (Å²) in [4.78, 5) is 15.2. The molecule has 1 saturated heterocycles. The van der Waals surface area contributed by atoms with E-state index in [9.17, 15) is 4.79 Å². The quantitative estimate of drug-likeness (QED) is 0.531. The van der Waals surface area contributed by atoms with E-state index in [4.69, 9.17) is 9.47 Å². The molecule has 0 saturated carbocycles. The lowest BCUT2D eigenvalue weighted by Crippen LogP contribution is -2.47. The molecule has 2 aliphatic rings. The van der Waals surface area contributed by atoms with Gasteiger partial charge in [0, 0.05) is 31.1 Å². The molecule has 168 valence electrons. The second-order valence-corrected chi connectivity index (χ2v) is 9.08. The fraction of sp³-hybridized carbons (Fsp3) is 0.720. The fourth-order valence-electron chi connectivity index (χ4n) is 4.71. The number of ether oxygens (including phenoxy) is 2. The molecule has 1 aromatic rings. The Balaban J connectivity index is 1.61. The second kappa shape index (κ2) is 11.6. The third-order valence-electron chi connectivity index (χ3n) is 6.53. The molecule has 3 unspecified atom stereocenters. The molecular weight excluding hydrogens is 376 g/mol. The summed E-state index contributed by atoms with van der Waals surface area (Å²) in [7, 11) is 0. The molecule has 0 bridgehead atoms. The summed E-state index contributed by atoms with van der Waals surface area (Å²) in [6, 6.07) is 7.45. The molecule has 0 radical (unpaired) electrons. The number of benzene rings is 1. The lowest BCUT2D eigenvalue weighted by molar-refractivity contribution is -0.122. The van der Waals surface area contributed by atoms with E-state index in [1.54, 1.807) is 0 Å². The summed E-state index contributed by atoms with van der Waals surface area (Å²) < 4.78 is 11.4. The standard InChI is InChI=1S/C25H40N2O3/c1-4-5-6-7-8-9-25(28)26-22(18-27-19(2)10-11-20(27)3)16-21-12-13-23-24(17-21)30-15-14-29-23/h12-13,17,19-20,22H,4-11,14-16,18H2,1-3H3,(H,26,28). The van der Waals surface area contributed by atoms with Crippen molar-refractivity contribution in [3.63, 3.8) is 0 Å². The number of rotatable bonds is 11. The number of hydrogen-bond acceptors (Lipinski definition) is 4. The molecule has 2 heterocycles. The van der Waals surface area contributed by atoms with Gasteiger partial charge in [0.05, 0.1) is 0 Å². The summed E-state index contributed by atoms with van der Waals surface area (Å²) in [5, 5.41) is 3.35. The maximum absolute atomic E-state index is 12.7. The predicted molar refractivity (Wildman–Crippen MR) is 121 cm³/mol. The summed E-state index contributed by atoms with van der Waals surface area (Å²) in [5.74, 6) is 1.83. The smallest absolute Gasteiger partial charge is 0.220 e. The Morgan fingerprint density at radius 1 is 1.07 bits per heavy atom. The van der Waals surface area contributed by atoms with Gasteiger partial charge in [-0.3, -0.25) is 9.69 Å². The van der Waals surface area contributed by atoms with E-state index in [0.717, 1.165) is 37.3 Å². The number of hydrogen-bond donors (Lipinski definition) is 1. The van der Waals surface area contributed by atoms with E-state index < -0.39 is 0 Å². The van der Waals surface area contributed by atoms with Gasteiger partial charge in [-0.15, -0.1) is 0 Å². The van der Waals surface area contributed by atoms with E-state index >= 15 is 0 Å². The topological polar surface area (TPSA) is 50.8 Å². The Hall–Kier alpha value is -1.75. The number of carbonyl (C=O) groups is 1.